The molecule has 31 heavy (non-hydrogen) atoms. The number of aliphatic hydroxyl groups is 1. The Bertz CT molecular complexity index is 909. The fourth-order valence-corrected chi connectivity index (χ4v) is 5.52. The molecule has 0 bridgehead atoms. The number of carbonyl (C=O) groups excluding carboxylic acids is 2. The summed E-state index contributed by atoms with van der Waals surface area (Å²) in [4.78, 5) is 29.3. The van der Waals surface area contributed by atoms with Crippen molar-refractivity contribution in [2.75, 3.05) is 13.7 Å². The molecule has 4 rings (SSSR count). The Balaban J connectivity index is 1.60. The van der Waals surface area contributed by atoms with Gasteiger partial charge in [0, 0.05) is 24.7 Å². The number of methoxy groups -OCH3 is 1. The molecule has 164 valence electrons. The Morgan fingerprint density at radius 3 is 2.77 bits per heavy atom. The standard InChI is InChI=1S/C25H30N2O4/c1-3-8-21-20(11-7-15-26(21)24(29)31-2)23(28)27-16-13-19-12-14-25(30,22(19)27)17-18-9-5-4-6-10-18/h3-7,9-11,15,19,21-22,30H,1,8,12-14,16-17H2,2H3/t19-,21?,22+,25+/m1/s1. The number of fused-ring (bicyclic) bond motifs is 1. The quantitative estimate of drug-likeness (QED) is 0.738. The molecule has 2 heterocycles. The van der Waals surface area contributed by atoms with Gasteiger partial charge >= 0.3 is 6.09 Å². The highest BCUT2D eigenvalue weighted by Crippen LogP contribution is 2.46. The predicted octanol–water partition coefficient (Wildman–Crippen LogP) is 3.44. The van der Waals surface area contributed by atoms with E-state index >= 15 is 0 Å². The van der Waals surface area contributed by atoms with Gasteiger partial charge < -0.3 is 14.7 Å². The van der Waals surface area contributed by atoms with Crippen LogP contribution in [0.5, 0.6) is 0 Å². The lowest BCUT2D eigenvalue weighted by atomic mass is 9.87. The van der Waals surface area contributed by atoms with E-state index in [1.54, 1.807) is 24.4 Å². The maximum atomic E-state index is 13.7. The van der Waals surface area contributed by atoms with E-state index in [4.69, 9.17) is 4.74 Å². The summed E-state index contributed by atoms with van der Waals surface area (Å²) in [6.45, 7) is 4.41. The van der Waals surface area contributed by atoms with Crippen LogP contribution in [-0.2, 0) is 16.0 Å². The highest BCUT2D eigenvalue weighted by Gasteiger charge is 2.55. The van der Waals surface area contributed by atoms with Crippen molar-refractivity contribution in [1.82, 2.24) is 9.80 Å². The molecule has 6 heteroatoms. The van der Waals surface area contributed by atoms with Gasteiger partial charge in [-0.15, -0.1) is 6.58 Å². The van der Waals surface area contributed by atoms with Crippen LogP contribution in [0, 0.1) is 5.92 Å². The third-order valence-corrected chi connectivity index (χ3v) is 6.88. The lowest BCUT2D eigenvalue weighted by Gasteiger charge is -2.39. The van der Waals surface area contributed by atoms with E-state index in [9.17, 15) is 14.7 Å². The molecule has 0 aromatic heterocycles. The molecule has 2 aliphatic heterocycles. The number of benzene rings is 1. The predicted molar refractivity (Wildman–Crippen MR) is 118 cm³/mol. The molecule has 4 atom stereocenters. The van der Waals surface area contributed by atoms with Crippen LogP contribution in [0.4, 0.5) is 4.79 Å². The van der Waals surface area contributed by atoms with E-state index in [2.05, 4.69) is 6.58 Å². The highest BCUT2D eigenvalue weighted by molar-refractivity contribution is 5.96. The molecule has 0 radical (unpaired) electrons. The van der Waals surface area contributed by atoms with Gasteiger partial charge in [0.15, 0.2) is 0 Å². The normalized spacial score (nSPS) is 29.5. The summed E-state index contributed by atoms with van der Waals surface area (Å²) in [5.41, 5.74) is 0.660. The summed E-state index contributed by atoms with van der Waals surface area (Å²) in [5.74, 6) is 0.179. The third-order valence-electron chi connectivity index (χ3n) is 6.88. The number of rotatable bonds is 5. The summed E-state index contributed by atoms with van der Waals surface area (Å²) < 4.78 is 4.90. The largest absolute Gasteiger partial charge is 0.452 e. The summed E-state index contributed by atoms with van der Waals surface area (Å²) in [6, 6.07) is 9.27. The van der Waals surface area contributed by atoms with Crippen LogP contribution in [-0.4, -0.2) is 58.2 Å². The maximum absolute atomic E-state index is 13.7. The highest BCUT2D eigenvalue weighted by atomic mass is 16.5. The van der Waals surface area contributed by atoms with E-state index in [0.29, 0.717) is 37.3 Å². The zero-order chi connectivity index (χ0) is 22.0. The lowest BCUT2D eigenvalue weighted by molar-refractivity contribution is -0.133. The second kappa shape index (κ2) is 8.71. The lowest BCUT2D eigenvalue weighted by Crippen LogP contribution is -2.53. The molecular formula is C25H30N2O4. The second-order valence-corrected chi connectivity index (χ2v) is 8.68. The zero-order valence-electron chi connectivity index (χ0n) is 17.9. The van der Waals surface area contributed by atoms with Gasteiger partial charge in [0.05, 0.1) is 24.8 Å². The zero-order valence-corrected chi connectivity index (χ0v) is 17.9. The van der Waals surface area contributed by atoms with Gasteiger partial charge in [-0.3, -0.25) is 9.69 Å². The van der Waals surface area contributed by atoms with Crippen molar-refractivity contribution in [1.29, 1.82) is 0 Å². The molecule has 1 unspecified atom stereocenters. The van der Waals surface area contributed by atoms with Crippen molar-refractivity contribution in [3.8, 4) is 0 Å². The molecule has 2 amide bonds. The maximum Gasteiger partial charge on any atom is 0.414 e. The van der Waals surface area contributed by atoms with Gasteiger partial charge in [-0.2, -0.15) is 0 Å². The molecule has 1 saturated heterocycles. The smallest absolute Gasteiger partial charge is 0.414 e. The average Bonchev–Trinajstić information content (AvgIpc) is 3.35. The number of likely N-dealkylation sites (tertiary alicyclic amines) is 1. The van der Waals surface area contributed by atoms with Crippen molar-refractivity contribution in [3.05, 3.63) is 72.5 Å². The first-order chi connectivity index (χ1) is 15.0. The average molecular weight is 423 g/mol. The van der Waals surface area contributed by atoms with E-state index in [-0.39, 0.29) is 11.9 Å². The first-order valence-corrected chi connectivity index (χ1v) is 10.9. The summed E-state index contributed by atoms with van der Waals surface area (Å²) in [6.07, 6.45) is 9.75. The topological polar surface area (TPSA) is 70.1 Å². The summed E-state index contributed by atoms with van der Waals surface area (Å²) >= 11 is 0. The van der Waals surface area contributed by atoms with Crippen LogP contribution in [0.25, 0.3) is 0 Å². The molecule has 1 aromatic carbocycles. The van der Waals surface area contributed by atoms with E-state index < -0.39 is 17.7 Å². The van der Waals surface area contributed by atoms with Crippen LogP contribution in [0.2, 0.25) is 0 Å². The Morgan fingerprint density at radius 1 is 1.29 bits per heavy atom. The number of amides is 2. The van der Waals surface area contributed by atoms with Gasteiger partial charge in [-0.1, -0.05) is 36.4 Å². The van der Waals surface area contributed by atoms with Crippen molar-refractivity contribution < 1.29 is 19.4 Å². The Labute approximate surface area is 183 Å². The molecule has 1 aromatic rings. The Hall–Kier alpha value is -2.86. The van der Waals surface area contributed by atoms with Crippen LogP contribution in [0.1, 0.15) is 31.2 Å². The number of hydrogen-bond acceptors (Lipinski definition) is 4. The minimum atomic E-state index is -0.945. The van der Waals surface area contributed by atoms with E-state index in [1.807, 2.05) is 35.2 Å². The van der Waals surface area contributed by atoms with Crippen molar-refractivity contribution >= 4 is 12.0 Å². The molecule has 1 saturated carbocycles. The molecule has 0 spiro atoms. The van der Waals surface area contributed by atoms with Crippen LogP contribution in [0.15, 0.2) is 66.9 Å². The second-order valence-electron chi connectivity index (χ2n) is 8.68. The fourth-order valence-electron chi connectivity index (χ4n) is 5.52. The fraction of sp³-hybridized carbons (Fsp3) is 0.440. The summed E-state index contributed by atoms with van der Waals surface area (Å²) in [5, 5.41) is 11.7. The van der Waals surface area contributed by atoms with Crippen molar-refractivity contribution in [2.45, 2.75) is 49.8 Å². The molecular weight excluding hydrogens is 392 g/mol. The SMILES string of the molecule is C=CCC1C(C(=O)N2CC[C@H]3CC[C@](O)(Cc4ccccc4)[C@H]32)=CC=CN1C(=O)OC. The van der Waals surface area contributed by atoms with Crippen LogP contribution >= 0.6 is 0 Å². The number of nitrogens with zero attached hydrogens (tertiary/aromatic N) is 2. The van der Waals surface area contributed by atoms with Gasteiger partial charge in [-0.05, 0) is 49.3 Å². The van der Waals surface area contributed by atoms with Crippen molar-refractivity contribution in [3.63, 3.8) is 0 Å². The molecule has 1 aliphatic carbocycles. The van der Waals surface area contributed by atoms with E-state index in [0.717, 1.165) is 18.4 Å². The number of allylic oxidation sites excluding steroid dienone is 2. The minimum absolute atomic E-state index is 0.119. The number of hydrogen-bond donors (Lipinski definition) is 1. The molecule has 2 fully saturated rings. The van der Waals surface area contributed by atoms with Gasteiger partial charge in [0.2, 0.25) is 0 Å². The van der Waals surface area contributed by atoms with Gasteiger partial charge in [0.1, 0.15) is 0 Å². The Morgan fingerprint density at radius 2 is 2.06 bits per heavy atom. The third kappa shape index (κ3) is 3.92. The van der Waals surface area contributed by atoms with E-state index in [1.165, 1.54) is 12.0 Å². The molecule has 6 nitrogen and oxygen atoms in total. The Kier molecular flexibility index (Phi) is 6.01. The summed E-state index contributed by atoms with van der Waals surface area (Å²) in [7, 11) is 1.33. The first kappa shape index (κ1) is 21.4. The monoisotopic (exact) mass is 422 g/mol. The minimum Gasteiger partial charge on any atom is -0.452 e. The van der Waals surface area contributed by atoms with Gasteiger partial charge in [-0.25, -0.2) is 4.79 Å². The first-order valence-electron chi connectivity index (χ1n) is 10.9. The molecule has 1 N–H and O–H groups in total. The van der Waals surface area contributed by atoms with Crippen LogP contribution < -0.4 is 0 Å². The van der Waals surface area contributed by atoms with Crippen LogP contribution in [0.3, 0.4) is 0 Å². The molecule has 3 aliphatic rings. The number of ether oxygens (including phenoxy) is 1. The van der Waals surface area contributed by atoms with Crippen molar-refractivity contribution in [2.24, 2.45) is 5.92 Å². The number of carbonyl (C=O) groups is 2. The van der Waals surface area contributed by atoms with Gasteiger partial charge in [0.25, 0.3) is 5.91 Å².